The number of halogens is 2. The molecule has 0 aromatic carbocycles. The van der Waals surface area contributed by atoms with Gasteiger partial charge < -0.3 is 0 Å². The fourth-order valence-corrected chi connectivity index (χ4v) is 4.52. The Kier molecular flexibility index (Phi) is 4.51. The molecule has 0 unspecified atom stereocenters. The molecule has 0 amide bonds. The highest BCUT2D eigenvalue weighted by Crippen LogP contribution is 2.32. The summed E-state index contributed by atoms with van der Waals surface area (Å²) in [7, 11) is -3.26. The van der Waals surface area contributed by atoms with Crippen molar-refractivity contribution in [3.63, 3.8) is 0 Å². The molecule has 0 aliphatic carbocycles. The van der Waals surface area contributed by atoms with Gasteiger partial charge in [0.1, 0.15) is 5.75 Å². The Morgan fingerprint density at radius 2 is 2.07 bits per heavy atom. The quantitative estimate of drug-likeness (QED) is 0.760. The van der Waals surface area contributed by atoms with E-state index in [4.69, 9.17) is 0 Å². The molecule has 1 aromatic heterocycles. The molecule has 1 aromatic rings. The first-order valence-corrected chi connectivity index (χ1v) is 8.26. The molecule has 0 saturated carbocycles. The molecule has 0 fully saturated rings. The molecule has 0 atom stereocenters. The second-order valence-corrected chi connectivity index (χ2v) is 8.94. The van der Waals surface area contributed by atoms with Crippen molar-refractivity contribution in [2.75, 3.05) is 11.5 Å². The van der Waals surface area contributed by atoms with Gasteiger partial charge in [0.25, 0.3) is 0 Å². The first-order chi connectivity index (χ1) is 6.85. The lowest BCUT2D eigenvalue weighted by Gasteiger charge is -1.99. The van der Waals surface area contributed by atoms with E-state index < -0.39 is 15.6 Å². The van der Waals surface area contributed by atoms with Gasteiger partial charge in [0, 0.05) is 11.3 Å². The van der Waals surface area contributed by atoms with Gasteiger partial charge >= 0.3 is 0 Å². The number of rotatable bonds is 4. The van der Waals surface area contributed by atoms with Crippen molar-refractivity contribution in [3.8, 4) is 0 Å². The molecule has 0 spiro atoms. The van der Waals surface area contributed by atoms with Crippen molar-refractivity contribution in [1.29, 1.82) is 0 Å². The molecule has 0 aliphatic heterocycles. The van der Waals surface area contributed by atoms with Crippen LogP contribution in [0.25, 0.3) is 0 Å². The zero-order valence-corrected chi connectivity index (χ0v) is 12.6. The van der Waals surface area contributed by atoms with Crippen LogP contribution in [0, 0.1) is 0 Å². The van der Waals surface area contributed by atoms with Crippen molar-refractivity contribution in [2.45, 2.75) is 6.92 Å². The van der Waals surface area contributed by atoms with Crippen molar-refractivity contribution >= 4 is 58.8 Å². The zero-order chi connectivity index (χ0) is 11.6. The lowest BCUT2D eigenvalue weighted by Crippen LogP contribution is -2.17. The third-order valence-corrected chi connectivity index (χ3v) is 5.67. The predicted octanol–water partition coefficient (Wildman–Crippen LogP) is 2.89. The van der Waals surface area contributed by atoms with E-state index in [-0.39, 0.29) is 11.5 Å². The molecule has 0 bridgehead atoms. The Hall–Kier alpha value is 0.280. The SMILES string of the molecule is CCS(=O)(=O)CC(=O)c1cc(Br)sc1Br. The fraction of sp³-hybridized carbons (Fsp3) is 0.375. The van der Waals surface area contributed by atoms with E-state index in [1.54, 1.807) is 6.07 Å². The summed E-state index contributed by atoms with van der Waals surface area (Å²) in [5.41, 5.74) is 0.420. The summed E-state index contributed by atoms with van der Waals surface area (Å²) in [5, 5.41) is 0. The van der Waals surface area contributed by atoms with Crippen molar-refractivity contribution in [2.24, 2.45) is 0 Å². The number of ketones is 1. The van der Waals surface area contributed by atoms with Gasteiger partial charge in [0.2, 0.25) is 0 Å². The standard InChI is InChI=1S/C8H8Br2O3S2/c1-2-15(12,13)4-6(11)5-3-7(9)14-8(5)10/h3H,2,4H2,1H3. The summed E-state index contributed by atoms with van der Waals surface area (Å²) < 4.78 is 24.0. The molecule has 0 aliphatic rings. The minimum Gasteiger partial charge on any atom is -0.293 e. The molecule has 15 heavy (non-hydrogen) atoms. The number of sulfone groups is 1. The van der Waals surface area contributed by atoms with Gasteiger partial charge in [0.15, 0.2) is 15.6 Å². The summed E-state index contributed by atoms with van der Waals surface area (Å²) >= 11 is 7.80. The first-order valence-electron chi connectivity index (χ1n) is 4.04. The summed E-state index contributed by atoms with van der Waals surface area (Å²) in [5.74, 6) is -0.807. The van der Waals surface area contributed by atoms with E-state index in [1.807, 2.05) is 0 Å². The molecule has 1 heterocycles. The van der Waals surface area contributed by atoms with E-state index in [1.165, 1.54) is 18.3 Å². The fourth-order valence-electron chi connectivity index (χ4n) is 0.910. The van der Waals surface area contributed by atoms with Crippen molar-refractivity contribution < 1.29 is 13.2 Å². The number of thiophene rings is 1. The molecule has 3 nitrogen and oxygen atoms in total. The number of carbonyl (C=O) groups excluding carboxylic acids is 1. The van der Waals surface area contributed by atoms with Gasteiger partial charge in [-0.05, 0) is 37.9 Å². The highest BCUT2D eigenvalue weighted by molar-refractivity contribution is 9.12. The van der Waals surface area contributed by atoms with Crippen LogP contribution in [0.2, 0.25) is 0 Å². The van der Waals surface area contributed by atoms with E-state index in [0.29, 0.717) is 9.35 Å². The van der Waals surface area contributed by atoms with Crippen LogP contribution in [0.1, 0.15) is 17.3 Å². The van der Waals surface area contributed by atoms with Crippen LogP contribution in [-0.4, -0.2) is 25.7 Å². The lowest BCUT2D eigenvalue weighted by atomic mass is 10.2. The van der Waals surface area contributed by atoms with E-state index in [0.717, 1.165) is 3.79 Å². The highest BCUT2D eigenvalue weighted by atomic mass is 79.9. The number of carbonyl (C=O) groups is 1. The monoisotopic (exact) mass is 374 g/mol. The minimum atomic E-state index is -3.26. The van der Waals surface area contributed by atoms with Crippen LogP contribution < -0.4 is 0 Å². The zero-order valence-electron chi connectivity index (χ0n) is 7.79. The minimum absolute atomic E-state index is 0.0122. The molecule has 84 valence electrons. The van der Waals surface area contributed by atoms with Gasteiger partial charge in [0.05, 0.1) is 7.57 Å². The van der Waals surface area contributed by atoms with Crippen LogP contribution in [0.15, 0.2) is 13.6 Å². The number of Topliss-reactive ketones (excluding diaryl/α,β-unsaturated/α-hetero) is 1. The Morgan fingerprint density at radius 3 is 2.47 bits per heavy atom. The van der Waals surface area contributed by atoms with Crippen molar-refractivity contribution in [3.05, 3.63) is 19.2 Å². The van der Waals surface area contributed by atoms with Gasteiger partial charge in [-0.1, -0.05) is 6.92 Å². The molecule has 0 N–H and O–H groups in total. The second kappa shape index (κ2) is 5.07. The summed E-state index contributed by atoms with van der Waals surface area (Å²) in [6.07, 6.45) is 0. The van der Waals surface area contributed by atoms with Gasteiger partial charge in [-0.2, -0.15) is 0 Å². The second-order valence-electron chi connectivity index (χ2n) is 2.84. The summed E-state index contributed by atoms with van der Waals surface area (Å²) in [4.78, 5) is 11.6. The van der Waals surface area contributed by atoms with Crippen LogP contribution in [0.3, 0.4) is 0 Å². The Labute approximate surface area is 109 Å². The molecule has 0 saturated heterocycles. The van der Waals surface area contributed by atoms with Crippen LogP contribution in [-0.2, 0) is 9.84 Å². The van der Waals surface area contributed by atoms with Gasteiger partial charge in [-0.25, -0.2) is 8.42 Å². The molecular formula is C8H8Br2O3S2. The third-order valence-electron chi connectivity index (χ3n) is 1.75. The van der Waals surface area contributed by atoms with Gasteiger partial charge in [-0.3, -0.25) is 4.79 Å². The Morgan fingerprint density at radius 1 is 1.47 bits per heavy atom. The summed E-state index contributed by atoms with van der Waals surface area (Å²) in [6.45, 7) is 1.53. The third kappa shape index (κ3) is 3.65. The van der Waals surface area contributed by atoms with E-state index in [9.17, 15) is 13.2 Å². The number of hydrogen-bond acceptors (Lipinski definition) is 4. The van der Waals surface area contributed by atoms with Gasteiger partial charge in [-0.15, -0.1) is 11.3 Å². The Bertz CT molecular complexity index is 476. The molecule has 7 heteroatoms. The van der Waals surface area contributed by atoms with E-state index >= 15 is 0 Å². The average Bonchev–Trinajstić information content (AvgIpc) is 2.45. The molecule has 0 radical (unpaired) electrons. The first kappa shape index (κ1) is 13.3. The smallest absolute Gasteiger partial charge is 0.179 e. The van der Waals surface area contributed by atoms with Crippen LogP contribution in [0.4, 0.5) is 0 Å². The topological polar surface area (TPSA) is 51.2 Å². The highest BCUT2D eigenvalue weighted by Gasteiger charge is 2.19. The largest absolute Gasteiger partial charge is 0.293 e. The predicted molar refractivity (Wildman–Crippen MR) is 68.4 cm³/mol. The van der Waals surface area contributed by atoms with Crippen molar-refractivity contribution in [1.82, 2.24) is 0 Å². The summed E-state index contributed by atoms with van der Waals surface area (Å²) in [6, 6.07) is 1.63. The Balaban J connectivity index is 2.92. The van der Waals surface area contributed by atoms with Crippen LogP contribution in [0.5, 0.6) is 0 Å². The molecule has 1 rings (SSSR count). The molecular weight excluding hydrogens is 368 g/mol. The number of hydrogen-bond donors (Lipinski definition) is 0. The maximum Gasteiger partial charge on any atom is 0.179 e. The average molecular weight is 376 g/mol. The lowest BCUT2D eigenvalue weighted by molar-refractivity contribution is 0.102. The van der Waals surface area contributed by atoms with E-state index in [2.05, 4.69) is 31.9 Å². The maximum atomic E-state index is 11.6. The maximum absolute atomic E-state index is 11.6. The normalized spacial score (nSPS) is 11.7. The van der Waals surface area contributed by atoms with Crippen LogP contribution >= 0.6 is 43.2 Å².